The number of carboxylic acid groups (broad SMARTS) is 1. The van der Waals surface area contributed by atoms with E-state index in [2.05, 4.69) is 15.2 Å². The number of nitrogens with one attached hydrogen (secondary N) is 1. The van der Waals surface area contributed by atoms with E-state index in [9.17, 15) is 9.90 Å². The molecule has 0 radical (unpaired) electrons. The first kappa shape index (κ1) is 15.8. The molecule has 0 aliphatic carbocycles. The van der Waals surface area contributed by atoms with E-state index in [1.54, 1.807) is 24.4 Å². The minimum Gasteiger partial charge on any atom is -0.478 e. The summed E-state index contributed by atoms with van der Waals surface area (Å²) in [6, 6.07) is 22.4. The van der Waals surface area contributed by atoms with Crippen LogP contribution in [0.2, 0.25) is 0 Å². The molecule has 0 fully saturated rings. The summed E-state index contributed by atoms with van der Waals surface area (Å²) >= 11 is 0. The van der Waals surface area contributed by atoms with Gasteiger partial charge in [0.2, 0.25) is 0 Å². The second-order valence-corrected chi connectivity index (χ2v) is 5.79. The van der Waals surface area contributed by atoms with Gasteiger partial charge in [0, 0.05) is 17.1 Å². The van der Waals surface area contributed by atoms with Crippen molar-refractivity contribution in [1.29, 1.82) is 0 Å². The van der Waals surface area contributed by atoms with E-state index in [0.717, 1.165) is 16.5 Å². The van der Waals surface area contributed by atoms with Crippen LogP contribution in [0.25, 0.3) is 22.0 Å². The highest BCUT2D eigenvalue weighted by Crippen LogP contribution is 2.33. The normalized spacial score (nSPS) is 11.2. The van der Waals surface area contributed by atoms with Gasteiger partial charge < -0.3 is 10.1 Å². The molecule has 0 spiro atoms. The van der Waals surface area contributed by atoms with Gasteiger partial charge in [-0.2, -0.15) is 0 Å². The first-order valence-electron chi connectivity index (χ1n) is 8.13. The second kappa shape index (κ2) is 6.64. The Labute approximate surface area is 149 Å². The standard InChI is InChI=1S/C21H15N3O2/c25-21(26)20-15(14-7-2-1-3-8-14)10-6-12-18(20)23-24-19-13-22-17-11-5-4-9-16(17)19/h1-13,22H,(H,25,26). The molecule has 0 atom stereocenters. The zero-order chi connectivity index (χ0) is 17.9. The topological polar surface area (TPSA) is 77.8 Å². The Hall–Kier alpha value is -3.73. The Balaban J connectivity index is 1.81. The van der Waals surface area contributed by atoms with Gasteiger partial charge in [0.25, 0.3) is 0 Å². The molecule has 126 valence electrons. The maximum atomic E-state index is 11.9. The Morgan fingerprint density at radius 3 is 2.35 bits per heavy atom. The number of fused-ring (bicyclic) bond motifs is 1. The third-order valence-corrected chi connectivity index (χ3v) is 4.17. The number of benzene rings is 3. The van der Waals surface area contributed by atoms with Crippen LogP contribution in [0, 0.1) is 0 Å². The summed E-state index contributed by atoms with van der Waals surface area (Å²) in [7, 11) is 0. The van der Waals surface area contributed by atoms with Crippen molar-refractivity contribution in [2.24, 2.45) is 10.2 Å². The van der Waals surface area contributed by atoms with E-state index in [4.69, 9.17) is 0 Å². The highest BCUT2D eigenvalue weighted by Gasteiger charge is 2.16. The molecular weight excluding hydrogens is 326 g/mol. The molecule has 2 N–H and O–H groups in total. The van der Waals surface area contributed by atoms with Crippen molar-refractivity contribution in [1.82, 2.24) is 4.98 Å². The van der Waals surface area contributed by atoms with E-state index in [1.165, 1.54) is 0 Å². The summed E-state index contributed by atoms with van der Waals surface area (Å²) in [6.07, 6.45) is 1.76. The molecule has 0 saturated carbocycles. The van der Waals surface area contributed by atoms with Crippen LogP contribution in [0.1, 0.15) is 10.4 Å². The number of aromatic carboxylic acids is 1. The van der Waals surface area contributed by atoms with Gasteiger partial charge >= 0.3 is 5.97 Å². The highest BCUT2D eigenvalue weighted by molar-refractivity contribution is 6.01. The molecule has 3 aromatic carbocycles. The average Bonchev–Trinajstić information content (AvgIpc) is 3.10. The van der Waals surface area contributed by atoms with Crippen LogP contribution < -0.4 is 0 Å². The Morgan fingerprint density at radius 1 is 0.808 bits per heavy atom. The lowest BCUT2D eigenvalue weighted by Crippen LogP contribution is -2.00. The van der Waals surface area contributed by atoms with Crippen molar-refractivity contribution >= 4 is 28.2 Å². The zero-order valence-electron chi connectivity index (χ0n) is 13.8. The Bertz CT molecular complexity index is 1110. The average molecular weight is 341 g/mol. The number of H-pyrrole nitrogens is 1. The third-order valence-electron chi connectivity index (χ3n) is 4.17. The molecule has 5 heteroatoms. The summed E-state index contributed by atoms with van der Waals surface area (Å²) in [5.74, 6) is -1.03. The second-order valence-electron chi connectivity index (χ2n) is 5.79. The van der Waals surface area contributed by atoms with Crippen LogP contribution in [-0.2, 0) is 0 Å². The quantitative estimate of drug-likeness (QED) is 0.450. The molecule has 0 amide bonds. The van der Waals surface area contributed by atoms with Gasteiger partial charge in [-0.05, 0) is 23.3 Å². The Morgan fingerprint density at radius 2 is 1.54 bits per heavy atom. The SMILES string of the molecule is O=C(O)c1c(N=Nc2c[nH]c3ccccc23)cccc1-c1ccccc1. The number of carbonyl (C=O) groups is 1. The number of rotatable bonds is 4. The van der Waals surface area contributed by atoms with E-state index in [-0.39, 0.29) is 5.56 Å². The first-order chi connectivity index (χ1) is 12.7. The molecule has 1 aromatic heterocycles. The van der Waals surface area contributed by atoms with Crippen molar-refractivity contribution in [3.05, 3.63) is 84.6 Å². The van der Waals surface area contributed by atoms with Gasteiger partial charge in [0.05, 0.1) is 5.56 Å². The van der Waals surface area contributed by atoms with Crippen molar-refractivity contribution < 1.29 is 9.90 Å². The number of aromatic amines is 1. The lowest BCUT2D eigenvalue weighted by atomic mass is 9.98. The van der Waals surface area contributed by atoms with Crippen molar-refractivity contribution in [2.75, 3.05) is 0 Å². The van der Waals surface area contributed by atoms with Gasteiger partial charge in [-0.3, -0.25) is 0 Å². The number of hydrogen-bond donors (Lipinski definition) is 2. The van der Waals surface area contributed by atoms with Crippen LogP contribution in [0.4, 0.5) is 11.4 Å². The number of aromatic nitrogens is 1. The van der Waals surface area contributed by atoms with Crippen LogP contribution in [-0.4, -0.2) is 16.1 Å². The van der Waals surface area contributed by atoms with E-state index < -0.39 is 5.97 Å². The molecule has 0 saturated heterocycles. The summed E-state index contributed by atoms with van der Waals surface area (Å²) in [6.45, 7) is 0. The number of carboxylic acids is 1. The first-order valence-corrected chi connectivity index (χ1v) is 8.13. The van der Waals surface area contributed by atoms with Crippen molar-refractivity contribution in [3.8, 4) is 11.1 Å². The van der Waals surface area contributed by atoms with E-state index in [1.807, 2.05) is 54.6 Å². The van der Waals surface area contributed by atoms with Crippen LogP contribution >= 0.6 is 0 Å². The number of para-hydroxylation sites is 1. The van der Waals surface area contributed by atoms with Crippen LogP contribution in [0.3, 0.4) is 0 Å². The van der Waals surface area contributed by atoms with E-state index >= 15 is 0 Å². The van der Waals surface area contributed by atoms with E-state index in [0.29, 0.717) is 16.9 Å². The van der Waals surface area contributed by atoms with Crippen molar-refractivity contribution in [3.63, 3.8) is 0 Å². The minimum absolute atomic E-state index is 0.141. The predicted molar refractivity (Wildman–Crippen MR) is 101 cm³/mol. The Kier molecular flexibility index (Phi) is 4.03. The summed E-state index contributed by atoms with van der Waals surface area (Å²) < 4.78 is 0. The number of azo groups is 1. The molecule has 5 nitrogen and oxygen atoms in total. The van der Waals surface area contributed by atoms with Gasteiger partial charge in [0.1, 0.15) is 11.4 Å². The van der Waals surface area contributed by atoms with Crippen LogP contribution in [0.5, 0.6) is 0 Å². The van der Waals surface area contributed by atoms with Crippen LogP contribution in [0.15, 0.2) is 89.2 Å². The molecule has 0 aliphatic heterocycles. The molecule has 4 rings (SSSR count). The maximum Gasteiger partial charge on any atom is 0.338 e. The lowest BCUT2D eigenvalue weighted by molar-refractivity contribution is 0.0698. The molecule has 0 unspecified atom stereocenters. The fraction of sp³-hybridized carbons (Fsp3) is 0. The smallest absolute Gasteiger partial charge is 0.338 e. The molecule has 0 bridgehead atoms. The molecule has 4 aromatic rings. The molecule has 0 aliphatic rings. The monoisotopic (exact) mass is 341 g/mol. The molecule has 1 heterocycles. The van der Waals surface area contributed by atoms with Gasteiger partial charge in [-0.1, -0.05) is 60.7 Å². The minimum atomic E-state index is -1.03. The fourth-order valence-electron chi connectivity index (χ4n) is 2.95. The summed E-state index contributed by atoms with van der Waals surface area (Å²) in [5.41, 5.74) is 3.54. The van der Waals surface area contributed by atoms with Gasteiger partial charge in [-0.15, -0.1) is 10.2 Å². The van der Waals surface area contributed by atoms with Gasteiger partial charge in [-0.25, -0.2) is 4.79 Å². The summed E-state index contributed by atoms with van der Waals surface area (Å²) in [5, 5.41) is 19.2. The summed E-state index contributed by atoms with van der Waals surface area (Å²) in [4.78, 5) is 15.0. The van der Waals surface area contributed by atoms with Gasteiger partial charge in [0.15, 0.2) is 0 Å². The molecular formula is C21H15N3O2. The largest absolute Gasteiger partial charge is 0.478 e. The fourth-order valence-corrected chi connectivity index (χ4v) is 2.95. The number of nitrogens with zero attached hydrogens (tertiary/aromatic N) is 2. The molecule has 26 heavy (non-hydrogen) atoms. The highest BCUT2D eigenvalue weighted by atomic mass is 16.4. The number of hydrogen-bond acceptors (Lipinski definition) is 3. The zero-order valence-corrected chi connectivity index (χ0v) is 13.8. The predicted octanol–water partition coefficient (Wildman–Crippen LogP) is 5.95. The van der Waals surface area contributed by atoms with Crippen molar-refractivity contribution in [2.45, 2.75) is 0 Å². The third kappa shape index (κ3) is 2.86. The lowest BCUT2D eigenvalue weighted by Gasteiger charge is -2.08. The maximum absolute atomic E-state index is 11.9.